The van der Waals surface area contributed by atoms with Crippen LogP contribution in [0.15, 0.2) is 28.8 Å². The molecule has 0 aliphatic rings. The molecule has 1 unspecified atom stereocenters. The van der Waals surface area contributed by atoms with Crippen molar-refractivity contribution in [3.63, 3.8) is 0 Å². The summed E-state index contributed by atoms with van der Waals surface area (Å²) in [6.45, 7) is -0.747. The van der Waals surface area contributed by atoms with E-state index in [-0.39, 0.29) is 28.6 Å². The van der Waals surface area contributed by atoms with Crippen molar-refractivity contribution in [3.05, 3.63) is 29.8 Å². The van der Waals surface area contributed by atoms with Crippen LogP contribution in [0.1, 0.15) is 24.2 Å². The average molecular weight is 337 g/mol. The topological polar surface area (TPSA) is 104 Å². The number of carbonyl (C=O) groups excluding carboxylic acids is 1. The van der Waals surface area contributed by atoms with Crippen LogP contribution in [0.5, 0.6) is 5.75 Å². The third-order valence-electron chi connectivity index (χ3n) is 1.91. The molecule has 0 aliphatic heterocycles. The summed E-state index contributed by atoms with van der Waals surface area (Å²) < 4.78 is 24.2. The Morgan fingerprint density at radius 2 is 2.05 bits per heavy atom. The molecular formula is C11H16NO7PS. The number of ether oxygens (including phenoxy) is 1. The highest BCUT2D eigenvalue weighted by atomic mass is 32.7. The predicted molar refractivity (Wildman–Crippen MR) is 76.7 cm³/mol. The van der Waals surface area contributed by atoms with Crippen LogP contribution in [0.4, 0.5) is 0 Å². The van der Waals surface area contributed by atoms with Crippen LogP contribution in [-0.2, 0) is 30.0 Å². The Kier molecular flexibility index (Phi) is 7.00. The van der Waals surface area contributed by atoms with Gasteiger partial charge in [0, 0.05) is 11.2 Å². The molecule has 1 rings (SSSR count). The monoisotopic (exact) mass is 337 g/mol. The van der Waals surface area contributed by atoms with E-state index in [1.165, 1.54) is 19.2 Å². The second kappa shape index (κ2) is 8.26. The van der Waals surface area contributed by atoms with Crippen LogP contribution < -0.4 is 4.89 Å². The molecule has 0 saturated carbocycles. The number of nitrogens with zero attached hydrogens (tertiary/aromatic N) is 1. The molecule has 0 radical (unpaired) electrons. The molecule has 1 N–H and O–H groups in total. The van der Waals surface area contributed by atoms with Crippen molar-refractivity contribution < 1.29 is 33.4 Å². The molecule has 118 valence electrons. The van der Waals surface area contributed by atoms with Crippen molar-refractivity contribution in [2.45, 2.75) is 20.0 Å². The summed E-state index contributed by atoms with van der Waals surface area (Å²) in [6.07, 6.45) is -0.311. The Bertz CT molecular complexity index is 563. The van der Waals surface area contributed by atoms with E-state index in [0.717, 1.165) is 0 Å². The fourth-order valence-electron chi connectivity index (χ4n) is 1.17. The fraction of sp³-hybridized carbons (Fsp3) is 0.364. The first-order chi connectivity index (χ1) is 9.85. The molecule has 0 bridgehead atoms. The van der Waals surface area contributed by atoms with E-state index in [1.54, 1.807) is 26.0 Å². The van der Waals surface area contributed by atoms with Gasteiger partial charge in [0.05, 0.1) is 13.2 Å². The highest BCUT2D eigenvalue weighted by Crippen LogP contribution is 2.42. The van der Waals surface area contributed by atoms with Crippen molar-refractivity contribution in [3.8, 4) is 5.75 Å². The molecule has 21 heavy (non-hydrogen) atoms. The molecule has 1 aromatic carbocycles. The maximum absolute atomic E-state index is 11.8. The largest absolute Gasteiger partial charge is 0.459 e. The van der Waals surface area contributed by atoms with Gasteiger partial charge in [0.15, 0.2) is 5.75 Å². The lowest BCUT2D eigenvalue weighted by Gasteiger charge is -2.12. The maximum Gasteiger partial charge on any atom is 0.433 e. The van der Waals surface area contributed by atoms with Crippen molar-refractivity contribution in [1.82, 2.24) is 0 Å². The summed E-state index contributed by atoms with van der Waals surface area (Å²) in [5.74, 6) is -0.666. The Labute approximate surface area is 125 Å². The van der Waals surface area contributed by atoms with Gasteiger partial charge in [0.2, 0.25) is 0 Å². The molecule has 0 fully saturated rings. The normalized spacial score (nSPS) is 14.5. The van der Waals surface area contributed by atoms with Gasteiger partial charge < -0.3 is 14.5 Å². The zero-order chi connectivity index (χ0) is 15.9. The molecule has 0 aliphatic carbocycles. The van der Waals surface area contributed by atoms with Gasteiger partial charge in [-0.1, -0.05) is 16.8 Å². The van der Waals surface area contributed by atoms with Crippen molar-refractivity contribution in [2.75, 3.05) is 7.11 Å². The Balaban J connectivity index is 2.83. The van der Waals surface area contributed by atoms with E-state index in [1.807, 2.05) is 0 Å². The summed E-state index contributed by atoms with van der Waals surface area (Å²) in [4.78, 5) is 30.3. The predicted octanol–water partition coefficient (Wildman–Crippen LogP) is 2.22. The van der Waals surface area contributed by atoms with Gasteiger partial charge in [-0.15, -0.1) is 4.53 Å². The van der Waals surface area contributed by atoms with Crippen molar-refractivity contribution >= 4 is 23.9 Å². The highest BCUT2D eigenvalue weighted by molar-refractivity contribution is 8.36. The van der Waals surface area contributed by atoms with E-state index in [2.05, 4.69) is 14.0 Å². The number of carbonyl (C=O) groups is 1. The molecule has 10 heteroatoms. The first kappa shape index (κ1) is 17.8. The minimum Gasteiger partial charge on any atom is -0.459 e. The van der Waals surface area contributed by atoms with Crippen molar-refractivity contribution in [1.29, 1.82) is 0 Å². The number of benzene rings is 1. The lowest BCUT2D eigenvalue weighted by Crippen LogP contribution is -2.13. The number of rotatable bonds is 7. The van der Waals surface area contributed by atoms with Crippen LogP contribution in [0, 0.1) is 0 Å². The van der Waals surface area contributed by atoms with Gasteiger partial charge in [-0.25, -0.2) is 14.2 Å². The van der Waals surface area contributed by atoms with Crippen LogP contribution in [0.3, 0.4) is 0 Å². The van der Waals surface area contributed by atoms with Gasteiger partial charge in [-0.05, 0) is 26.0 Å². The molecule has 1 aromatic rings. The van der Waals surface area contributed by atoms with Crippen LogP contribution in [0.25, 0.3) is 0 Å². The Morgan fingerprint density at radius 1 is 1.38 bits per heavy atom. The molecule has 8 nitrogen and oxygen atoms in total. The zero-order valence-electron chi connectivity index (χ0n) is 11.6. The second-order valence-corrected chi connectivity index (χ2v) is 7.48. The van der Waals surface area contributed by atoms with E-state index in [9.17, 15) is 14.3 Å². The number of thiol groups is 1. The maximum atomic E-state index is 11.8. The lowest BCUT2D eigenvalue weighted by molar-refractivity contribution is -0.104. The summed E-state index contributed by atoms with van der Waals surface area (Å²) >= 11 is -0.339. The lowest BCUT2D eigenvalue weighted by atomic mass is 10.2. The number of para-hydroxylation sites is 1. The van der Waals surface area contributed by atoms with E-state index in [0.29, 0.717) is 0 Å². The first-order valence-electron chi connectivity index (χ1n) is 5.80. The fourth-order valence-corrected chi connectivity index (χ4v) is 2.23. The molecule has 0 heterocycles. The number of esters is 1. The van der Waals surface area contributed by atoms with Crippen molar-refractivity contribution in [2.24, 2.45) is 4.53 Å². The number of hydrogen-bond acceptors (Lipinski definition) is 7. The molecule has 1 atom stereocenters. The minimum absolute atomic E-state index is 0.0370. The summed E-state index contributed by atoms with van der Waals surface area (Å²) in [7, 11) is 1.23. The molecule has 0 saturated heterocycles. The minimum atomic E-state index is -4.15. The van der Waals surface area contributed by atoms with Crippen LogP contribution in [-0.4, -0.2) is 24.1 Å². The third kappa shape index (κ3) is 6.36. The van der Waals surface area contributed by atoms with Crippen LogP contribution in [0.2, 0.25) is 0 Å². The SMILES string of the molecule is CON=[SH]P(=O)(O)OOc1ccccc1C(=O)OC(C)C. The summed E-state index contributed by atoms with van der Waals surface area (Å²) in [5, 5.41) is 0. The zero-order valence-corrected chi connectivity index (χ0v) is 13.4. The average Bonchev–Trinajstić information content (AvgIpc) is 2.43. The third-order valence-corrected chi connectivity index (χ3v) is 3.73. The smallest absolute Gasteiger partial charge is 0.433 e. The molecular weight excluding hydrogens is 321 g/mol. The standard InChI is InChI=1S/C11H16NO7PS/c1-8(2)17-11(13)9-6-4-5-7-10(9)18-19-20(14,15)21-12-16-3/h4-8,21H,1-3H3,(H,14,15). The summed E-state index contributed by atoms with van der Waals surface area (Å²) in [6, 6.07) is 6.02. The quantitative estimate of drug-likeness (QED) is 0.258. The Morgan fingerprint density at radius 3 is 2.67 bits per heavy atom. The van der Waals surface area contributed by atoms with E-state index in [4.69, 9.17) is 9.62 Å². The van der Waals surface area contributed by atoms with Crippen LogP contribution >= 0.6 is 6.80 Å². The van der Waals surface area contributed by atoms with Gasteiger partial charge in [0.25, 0.3) is 0 Å². The van der Waals surface area contributed by atoms with Gasteiger partial charge in [-0.3, -0.25) is 0 Å². The molecule has 0 spiro atoms. The van der Waals surface area contributed by atoms with Gasteiger partial charge in [-0.2, -0.15) is 0 Å². The van der Waals surface area contributed by atoms with Gasteiger partial charge >= 0.3 is 12.8 Å². The summed E-state index contributed by atoms with van der Waals surface area (Å²) in [5.41, 5.74) is 0.0755. The first-order valence-corrected chi connectivity index (χ1v) is 8.93. The van der Waals surface area contributed by atoms with E-state index >= 15 is 0 Å². The van der Waals surface area contributed by atoms with Gasteiger partial charge in [0.1, 0.15) is 5.56 Å². The molecule has 0 amide bonds. The molecule has 0 aromatic heterocycles. The Hall–Kier alpha value is -1.25. The van der Waals surface area contributed by atoms with E-state index < -0.39 is 12.8 Å². The second-order valence-electron chi connectivity index (χ2n) is 3.95. The number of hydrogen-bond donors (Lipinski definition) is 2. The highest BCUT2D eigenvalue weighted by Gasteiger charge is 2.22.